The lowest BCUT2D eigenvalue weighted by molar-refractivity contribution is 0.0984. The van der Waals surface area contributed by atoms with Crippen molar-refractivity contribution in [3.8, 4) is 0 Å². The first kappa shape index (κ1) is 14.7. The molecule has 0 aliphatic rings. The molecule has 0 N–H and O–H groups in total. The second kappa shape index (κ2) is 7.20. The van der Waals surface area contributed by atoms with E-state index in [1.165, 1.54) is 17.4 Å². The molecule has 0 spiro atoms. The molecule has 1 aromatic carbocycles. The summed E-state index contributed by atoms with van der Waals surface area (Å²) in [6.07, 6.45) is 1.24. The van der Waals surface area contributed by atoms with E-state index in [2.05, 4.69) is 0 Å². The average molecular weight is 291 g/mol. The summed E-state index contributed by atoms with van der Waals surface area (Å²) in [5, 5.41) is 1.91. The van der Waals surface area contributed by atoms with Gasteiger partial charge >= 0.3 is 0 Å². The number of thiophene rings is 1. The van der Waals surface area contributed by atoms with E-state index in [1.54, 1.807) is 12.1 Å². The molecule has 0 aliphatic carbocycles. The zero-order valence-electron chi connectivity index (χ0n) is 11.5. The summed E-state index contributed by atoms with van der Waals surface area (Å²) >= 11 is 1.47. The predicted octanol–water partition coefficient (Wildman–Crippen LogP) is 4.38. The molecule has 0 fully saturated rings. The Morgan fingerprint density at radius 1 is 1.25 bits per heavy atom. The van der Waals surface area contributed by atoms with Gasteiger partial charge in [-0.25, -0.2) is 4.39 Å². The molecule has 0 saturated heterocycles. The number of hydrogen-bond acceptors (Lipinski definition) is 3. The number of carbonyl (C=O) groups is 1. The van der Waals surface area contributed by atoms with Crippen LogP contribution in [0.4, 0.5) is 10.1 Å². The van der Waals surface area contributed by atoms with Crippen LogP contribution in [-0.2, 0) is 0 Å². The van der Waals surface area contributed by atoms with Crippen molar-refractivity contribution in [2.75, 3.05) is 18.0 Å². The molecule has 2 nitrogen and oxygen atoms in total. The molecule has 0 unspecified atom stereocenters. The van der Waals surface area contributed by atoms with Crippen molar-refractivity contribution in [3.05, 3.63) is 52.5 Å². The van der Waals surface area contributed by atoms with Gasteiger partial charge in [-0.05, 0) is 36.9 Å². The fourth-order valence-corrected chi connectivity index (χ4v) is 2.84. The number of Topliss-reactive ketones (excluding diaryl/α,β-unsaturated/α-hetero) is 1. The first-order valence-corrected chi connectivity index (χ1v) is 7.66. The molecule has 1 aromatic heterocycles. The van der Waals surface area contributed by atoms with Crippen LogP contribution in [0.1, 0.15) is 29.4 Å². The maximum absolute atomic E-state index is 13.7. The van der Waals surface area contributed by atoms with Crippen molar-refractivity contribution >= 4 is 22.8 Å². The first-order valence-electron chi connectivity index (χ1n) is 6.78. The highest BCUT2D eigenvalue weighted by Gasteiger charge is 2.11. The van der Waals surface area contributed by atoms with Gasteiger partial charge in [-0.1, -0.05) is 18.2 Å². The quantitative estimate of drug-likeness (QED) is 0.706. The lowest BCUT2D eigenvalue weighted by Gasteiger charge is -2.23. The molecule has 0 radical (unpaired) electrons. The van der Waals surface area contributed by atoms with Crippen molar-refractivity contribution in [1.29, 1.82) is 0 Å². The van der Waals surface area contributed by atoms with E-state index in [0.29, 0.717) is 18.7 Å². The van der Waals surface area contributed by atoms with Crippen LogP contribution in [0.15, 0.2) is 41.8 Å². The number of halogens is 1. The molecule has 4 heteroatoms. The fraction of sp³-hybridized carbons (Fsp3) is 0.312. The normalized spacial score (nSPS) is 10.5. The van der Waals surface area contributed by atoms with E-state index >= 15 is 0 Å². The van der Waals surface area contributed by atoms with E-state index in [1.807, 2.05) is 35.4 Å². The van der Waals surface area contributed by atoms with Crippen LogP contribution in [0.2, 0.25) is 0 Å². The predicted molar refractivity (Wildman–Crippen MR) is 82.2 cm³/mol. The Labute approximate surface area is 122 Å². The molecule has 1 heterocycles. The summed E-state index contributed by atoms with van der Waals surface area (Å²) in [5.74, 6) is -0.0384. The molecule has 0 aliphatic heterocycles. The summed E-state index contributed by atoms with van der Waals surface area (Å²) in [7, 11) is 0. The number of ketones is 1. The zero-order valence-corrected chi connectivity index (χ0v) is 12.3. The minimum atomic E-state index is -0.209. The molecule has 2 aromatic rings. The number of para-hydroxylation sites is 1. The second-order valence-corrected chi connectivity index (χ2v) is 5.48. The smallest absolute Gasteiger partial charge is 0.172 e. The maximum Gasteiger partial charge on any atom is 0.172 e. The Balaban J connectivity index is 1.89. The summed E-state index contributed by atoms with van der Waals surface area (Å²) in [4.78, 5) is 14.7. The van der Waals surface area contributed by atoms with E-state index in [9.17, 15) is 9.18 Å². The van der Waals surface area contributed by atoms with E-state index < -0.39 is 0 Å². The molecule has 20 heavy (non-hydrogen) atoms. The van der Waals surface area contributed by atoms with Gasteiger partial charge in [0.05, 0.1) is 10.6 Å². The number of carbonyl (C=O) groups excluding carboxylic acids is 1. The molecule has 106 valence electrons. The summed E-state index contributed by atoms with van der Waals surface area (Å²) < 4.78 is 13.7. The van der Waals surface area contributed by atoms with Crippen molar-refractivity contribution in [2.24, 2.45) is 0 Å². The fourth-order valence-electron chi connectivity index (χ4n) is 2.15. The van der Waals surface area contributed by atoms with Gasteiger partial charge in [-0.2, -0.15) is 0 Å². The van der Waals surface area contributed by atoms with Gasteiger partial charge in [0.25, 0.3) is 0 Å². The number of benzene rings is 1. The molecule has 0 amide bonds. The third kappa shape index (κ3) is 3.67. The van der Waals surface area contributed by atoms with E-state index in [-0.39, 0.29) is 11.6 Å². The van der Waals surface area contributed by atoms with Gasteiger partial charge in [0.2, 0.25) is 0 Å². The average Bonchev–Trinajstić information content (AvgIpc) is 2.99. The van der Waals surface area contributed by atoms with Crippen LogP contribution in [0, 0.1) is 5.82 Å². The van der Waals surface area contributed by atoms with Crippen LogP contribution in [-0.4, -0.2) is 18.9 Å². The largest absolute Gasteiger partial charge is 0.369 e. The van der Waals surface area contributed by atoms with Gasteiger partial charge in [0.15, 0.2) is 5.78 Å². The Morgan fingerprint density at radius 2 is 2.05 bits per heavy atom. The SMILES string of the molecule is CCN(CCCC(=O)c1cccs1)c1ccccc1F. The zero-order chi connectivity index (χ0) is 14.4. The highest BCUT2D eigenvalue weighted by molar-refractivity contribution is 7.12. The maximum atomic E-state index is 13.7. The summed E-state index contributed by atoms with van der Waals surface area (Å²) in [5.41, 5.74) is 0.610. The van der Waals surface area contributed by atoms with E-state index in [4.69, 9.17) is 0 Å². The van der Waals surface area contributed by atoms with Crippen molar-refractivity contribution in [3.63, 3.8) is 0 Å². The monoisotopic (exact) mass is 291 g/mol. The van der Waals surface area contributed by atoms with Gasteiger partial charge in [-0.3, -0.25) is 4.79 Å². The molecule has 2 rings (SSSR count). The van der Waals surface area contributed by atoms with Crippen molar-refractivity contribution in [1.82, 2.24) is 0 Å². The van der Waals surface area contributed by atoms with Crippen LogP contribution in [0.25, 0.3) is 0 Å². The van der Waals surface area contributed by atoms with Crippen LogP contribution in [0.3, 0.4) is 0 Å². The highest BCUT2D eigenvalue weighted by Crippen LogP contribution is 2.19. The van der Waals surface area contributed by atoms with Crippen LogP contribution < -0.4 is 4.90 Å². The van der Waals surface area contributed by atoms with Gasteiger partial charge in [0.1, 0.15) is 5.82 Å². The van der Waals surface area contributed by atoms with Crippen LogP contribution in [0.5, 0.6) is 0 Å². The van der Waals surface area contributed by atoms with Gasteiger partial charge < -0.3 is 4.90 Å². The lowest BCUT2D eigenvalue weighted by atomic mass is 10.1. The third-order valence-electron chi connectivity index (χ3n) is 3.20. The second-order valence-electron chi connectivity index (χ2n) is 4.54. The standard InChI is InChI=1S/C16H18FNOS/c1-2-18(14-8-4-3-7-13(14)17)11-5-9-15(19)16-10-6-12-20-16/h3-4,6-8,10,12H,2,5,9,11H2,1H3. The molecular formula is C16H18FNOS. The minimum absolute atomic E-state index is 0.171. The summed E-state index contributed by atoms with van der Waals surface area (Å²) in [6, 6.07) is 10.5. The van der Waals surface area contributed by atoms with Crippen molar-refractivity contribution < 1.29 is 9.18 Å². The molecule has 0 saturated carbocycles. The van der Waals surface area contributed by atoms with Gasteiger partial charge in [-0.15, -0.1) is 11.3 Å². The van der Waals surface area contributed by atoms with E-state index in [0.717, 1.165) is 17.8 Å². The summed E-state index contributed by atoms with van der Waals surface area (Å²) in [6.45, 7) is 3.41. The Hall–Kier alpha value is -1.68. The lowest BCUT2D eigenvalue weighted by Crippen LogP contribution is -2.25. The van der Waals surface area contributed by atoms with Crippen molar-refractivity contribution in [2.45, 2.75) is 19.8 Å². The number of hydrogen-bond donors (Lipinski definition) is 0. The van der Waals surface area contributed by atoms with Gasteiger partial charge in [0, 0.05) is 19.5 Å². The first-order chi connectivity index (χ1) is 9.72. The minimum Gasteiger partial charge on any atom is -0.369 e. The molecule has 0 atom stereocenters. The number of anilines is 1. The van der Waals surface area contributed by atoms with Crippen LogP contribution >= 0.6 is 11.3 Å². The topological polar surface area (TPSA) is 20.3 Å². The molecule has 0 bridgehead atoms. The third-order valence-corrected chi connectivity index (χ3v) is 4.11. The Morgan fingerprint density at radius 3 is 2.70 bits per heavy atom. The Kier molecular flexibility index (Phi) is 5.30. The highest BCUT2D eigenvalue weighted by atomic mass is 32.1. The number of nitrogens with zero attached hydrogens (tertiary/aromatic N) is 1. The number of rotatable bonds is 7. The molecular weight excluding hydrogens is 273 g/mol. The Bertz CT molecular complexity index is 553.